The van der Waals surface area contributed by atoms with Crippen molar-refractivity contribution in [2.24, 2.45) is 0 Å². The molecule has 0 amide bonds. The lowest BCUT2D eigenvalue weighted by atomic mass is 10.1. The maximum Gasteiger partial charge on any atom is 0.332 e. The van der Waals surface area contributed by atoms with Crippen molar-refractivity contribution in [1.29, 1.82) is 0 Å². The Balaban J connectivity index is 2.58. The lowest BCUT2D eigenvalue weighted by molar-refractivity contribution is -0.146. The van der Waals surface area contributed by atoms with Gasteiger partial charge in [-0.3, -0.25) is 0 Å². The minimum absolute atomic E-state index is 0.0690. The first kappa shape index (κ1) is 11.3. The Bertz CT molecular complexity index is 361. The van der Waals surface area contributed by atoms with Crippen LogP contribution < -0.4 is 0 Å². The molecule has 0 aliphatic rings. The van der Waals surface area contributed by atoms with Gasteiger partial charge in [0.2, 0.25) is 0 Å². The summed E-state index contributed by atoms with van der Waals surface area (Å²) in [6.45, 7) is 0. The number of aliphatic hydroxyl groups is 1. The van der Waals surface area contributed by atoms with Crippen LogP contribution in [0.3, 0.4) is 0 Å². The highest BCUT2D eigenvalue weighted by atomic mass is 16.4. The summed E-state index contributed by atoms with van der Waals surface area (Å²) < 4.78 is 0. The van der Waals surface area contributed by atoms with E-state index in [1.807, 2.05) is 0 Å². The summed E-state index contributed by atoms with van der Waals surface area (Å²) >= 11 is 0. The lowest BCUT2D eigenvalue weighted by Gasteiger charge is -2.06. The zero-order chi connectivity index (χ0) is 11.4. The predicted octanol–water partition coefficient (Wildman–Crippen LogP) is 0.476. The Morgan fingerprint density at radius 3 is 2.47 bits per heavy atom. The van der Waals surface area contributed by atoms with Crippen LogP contribution in [0.1, 0.15) is 12.0 Å². The second-order valence-electron chi connectivity index (χ2n) is 3.22. The van der Waals surface area contributed by atoms with E-state index in [4.69, 9.17) is 20.4 Å². The SMILES string of the molecule is O=C(O)C(O)CCc1ccc(O)c(O)c1. The standard InChI is InChI=1S/C10H12O5/c11-7-3-1-6(5-9(7)13)2-4-8(12)10(14)15/h1,3,5,8,11-13H,2,4H2,(H,14,15). The number of carbonyl (C=O) groups is 1. The fraction of sp³-hybridized carbons (Fsp3) is 0.300. The fourth-order valence-corrected chi connectivity index (χ4v) is 1.15. The van der Waals surface area contributed by atoms with Gasteiger partial charge in [-0.05, 0) is 30.5 Å². The second kappa shape index (κ2) is 4.65. The van der Waals surface area contributed by atoms with Gasteiger partial charge in [-0.25, -0.2) is 4.79 Å². The summed E-state index contributed by atoms with van der Waals surface area (Å²) in [6, 6.07) is 4.21. The molecule has 5 heteroatoms. The molecule has 0 heterocycles. The molecule has 0 aliphatic carbocycles. The summed E-state index contributed by atoms with van der Waals surface area (Å²) in [7, 11) is 0. The van der Waals surface area contributed by atoms with Crippen molar-refractivity contribution in [3.05, 3.63) is 23.8 Å². The summed E-state index contributed by atoms with van der Waals surface area (Å²) in [6.07, 6.45) is -1.01. The first-order valence-corrected chi connectivity index (χ1v) is 4.42. The minimum atomic E-state index is -1.40. The summed E-state index contributed by atoms with van der Waals surface area (Å²) in [5.41, 5.74) is 0.658. The molecule has 1 aromatic rings. The van der Waals surface area contributed by atoms with Crippen LogP contribution in [0.15, 0.2) is 18.2 Å². The molecule has 0 radical (unpaired) electrons. The van der Waals surface area contributed by atoms with E-state index in [1.54, 1.807) is 6.07 Å². The van der Waals surface area contributed by atoms with Gasteiger partial charge in [0.25, 0.3) is 0 Å². The molecule has 1 atom stereocenters. The number of aromatic hydroxyl groups is 2. The number of phenols is 2. The maximum absolute atomic E-state index is 10.3. The third-order valence-corrected chi connectivity index (χ3v) is 2.03. The zero-order valence-corrected chi connectivity index (χ0v) is 7.92. The number of hydrogen-bond donors (Lipinski definition) is 4. The molecule has 0 fully saturated rings. The van der Waals surface area contributed by atoms with Gasteiger partial charge in [-0.1, -0.05) is 6.07 Å². The average Bonchev–Trinajstić information content (AvgIpc) is 2.19. The van der Waals surface area contributed by atoms with Crippen molar-refractivity contribution >= 4 is 5.97 Å². The van der Waals surface area contributed by atoms with E-state index in [9.17, 15) is 4.79 Å². The molecule has 5 nitrogen and oxygen atoms in total. The van der Waals surface area contributed by atoms with Crippen molar-refractivity contribution in [3.8, 4) is 11.5 Å². The Kier molecular flexibility index (Phi) is 3.51. The monoisotopic (exact) mass is 212 g/mol. The first-order chi connectivity index (χ1) is 7.00. The minimum Gasteiger partial charge on any atom is -0.504 e. The van der Waals surface area contributed by atoms with Gasteiger partial charge >= 0.3 is 5.97 Å². The van der Waals surface area contributed by atoms with Gasteiger partial charge in [0, 0.05) is 0 Å². The highest BCUT2D eigenvalue weighted by Crippen LogP contribution is 2.25. The number of aliphatic hydroxyl groups excluding tert-OH is 1. The smallest absolute Gasteiger partial charge is 0.332 e. The number of phenolic OH excluding ortho intramolecular Hbond substituents is 2. The van der Waals surface area contributed by atoms with E-state index >= 15 is 0 Å². The van der Waals surface area contributed by atoms with Crippen LogP contribution in [-0.4, -0.2) is 32.5 Å². The average molecular weight is 212 g/mol. The van der Waals surface area contributed by atoms with Gasteiger partial charge in [-0.15, -0.1) is 0 Å². The number of hydrogen-bond acceptors (Lipinski definition) is 4. The van der Waals surface area contributed by atoms with E-state index in [0.29, 0.717) is 12.0 Å². The third kappa shape index (κ3) is 3.14. The zero-order valence-electron chi connectivity index (χ0n) is 7.92. The van der Waals surface area contributed by atoms with Crippen LogP contribution in [0.25, 0.3) is 0 Å². The van der Waals surface area contributed by atoms with E-state index < -0.39 is 12.1 Å². The van der Waals surface area contributed by atoms with Crippen LogP contribution in [0, 0.1) is 0 Å². The summed E-state index contributed by atoms with van der Waals surface area (Å²) in [5, 5.41) is 35.6. The number of aliphatic carboxylic acids is 1. The third-order valence-electron chi connectivity index (χ3n) is 2.03. The van der Waals surface area contributed by atoms with Crippen LogP contribution >= 0.6 is 0 Å². The molecule has 0 spiro atoms. The number of carboxylic acids is 1. The number of benzene rings is 1. The molecule has 0 saturated carbocycles. The van der Waals surface area contributed by atoms with E-state index in [1.165, 1.54) is 12.1 Å². The Morgan fingerprint density at radius 2 is 1.93 bits per heavy atom. The number of carboxylic acid groups (broad SMARTS) is 1. The molecule has 4 N–H and O–H groups in total. The molecule has 0 saturated heterocycles. The largest absolute Gasteiger partial charge is 0.504 e. The Morgan fingerprint density at radius 1 is 1.27 bits per heavy atom. The summed E-state index contributed by atoms with van der Waals surface area (Å²) in [5.74, 6) is -1.74. The highest BCUT2D eigenvalue weighted by molar-refractivity contribution is 5.71. The van der Waals surface area contributed by atoms with Crippen LogP contribution in [0.4, 0.5) is 0 Å². The molecule has 0 bridgehead atoms. The molecule has 0 aromatic heterocycles. The van der Waals surface area contributed by atoms with Gasteiger partial charge in [-0.2, -0.15) is 0 Å². The highest BCUT2D eigenvalue weighted by Gasteiger charge is 2.12. The number of rotatable bonds is 4. The molecule has 82 valence electrons. The molecule has 1 rings (SSSR count). The van der Waals surface area contributed by atoms with Crippen molar-refractivity contribution < 1.29 is 25.2 Å². The lowest BCUT2D eigenvalue weighted by Crippen LogP contribution is -2.19. The first-order valence-electron chi connectivity index (χ1n) is 4.42. The van der Waals surface area contributed by atoms with E-state index in [-0.39, 0.29) is 17.9 Å². The van der Waals surface area contributed by atoms with Gasteiger partial charge in [0.1, 0.15) is 0 Å². The van der Waals surface area contributed by atoms with Crippen LogP contribution in [0.2, 0.25) is 0 Å². The fourth-order valence-electron chi connectivity index (χ4n) is 1.15. The second-order valence-corrected chi connectivity index (χ2v) is 3.22. The summed E-state index contributed by atoms with van der Waals surface area (Å²) in [4.78, 5) is 10.3. The van der Waals surface area contributed by atoms with Gasteiger partial charge in [0.15, 0.2) is 17.6 Å². The van der Waals surface area contributed by atoms with Crippen molar-refractivity contribution in [3.63, 3.8) is 0 Å². The van der Waals surface area contributed by atoms with Gasteiger partial charge < -0.3 is 20.4 Å². The van der Waals surface area contributed by atoms with Crippen molar-refractivity contribution in [1.82, 2.24) is 0 Å². The molecular weight excluding hydrogens is 200 g/mol. The molecular formula is C10H12O5. The topological polar surface area (TPSA) is 98.0 Å². The van der Waals surface area contributed by atoms with Crippen LogP contribution in [0.5, 0.6) is 11.5 Å². The molecule has 0 aliphatic heterocycles. The normalized spacial score (nSPS) is 12.3. The molecule has 1 aromatic carbocycles. The Hall–Kier alpha value is -1.75. The maximum atomic E-state index is 10.3. The Labute approximate surface area is 86.2 Å². The number of aryl methyl sites for hydroxylation is 1. The van der Waals surface area contributed by atoms with Gasteiger partial charge in [0.05, 0.1) is 0 Å². The van der Waals surface area contributed by atoms with E-state index in [2.05, 4.69) is 0 Å². The predicted molar refractivity (Wildman–Crippen MR) is 51.7 cm³/mol. The molecule has 15 heavy (non-hydrogen) atoms. The van der Waals surface area contributed by atoms with Crippen molar-refractivity contribution in [2.75, 3.05) is 0 Å². The van der Waals surface area contributed by atoms with E-state index in [0.717, 1.165) is 0 Å². The van der Waals surface area contributed by atoms with Crippen molar-refractivity contribution in [2.45, 2.75) is 18.9 Å². The van der Waals surface area contributed by atoms with Crippen LogP contribution in [-0.2, 0) is 11.2 Å². The quantitative estimate of drug-likeness (QED) is 0.544. The molecule has 1 unspecified atom stereocenters.